The topological polar surface area (TPSA) is 55.1 Å². The highest BCUT2D eigenvalue weighted by Gasteiger charge is 2.54. The van der Waals surface area contributed by atoms with Gasteiger partial charge < -0.3 is 11.1 Å². The second-order valence-electron chi connectivity index (χ2n) is 10.5. The predicted octanol–water partition coefficient (Wildman–Crippen LogP) is 4.20. The van der Waals surface area contributed by atoms with Crippen molar-refractivity contribution in [3.8, 4) is 0 Å². The van der Waals surface area contributed by atoms with Crippen LogP contribution in [0.25, 0.3) is 5.70 Å². The lowest BCUT2D eigenvalue weighted by Crippen LogP contribution is -2.50. The maximum absolute atomic E-state index is 13.6. The minimum atomic E-state index is -0.0728. The number of allylic oxidation sites excluding steroid dienone is 1. The molecule has 4 saturated carbocycles. The van der Waals surface area contributed by atoms with Crippen LogP contribution in [0.1, 0.15) is 69.1 Å². The highest BCUT2D eigenvalue weighted by atomic mass is 16.1. The Morgan fingerprint density at radius 1 is 1.15 bits per heavy atom. The first kappa shape index (κ1) is 17.5. The number of fused-ring (bicyclic) bond motifs is 1. The standard InChI is InChI=1S/C24H32N2O/c1-23(2)13-19-4-3-15(14-25)8-20(19)21(26-23)9-22(27)24-10-16-5-17(11-24)7-18(6-16)12-24/h3-4,8-9,16-18,26H,5-7,10-14,25H2,1-2H3. The quantitative estimate of drug-likeness (QED) is 0.791. The summed E-state index contributed by atoms with van der Waals surface area (Å²) >= 11 is 0. The Morgan fingerprint density at radius 3 is 2.37 bits per heavy atom. The molecule has 3 heteroatoms. The molecule has 5 aliphatic rings. The molecular formula is C24H32N2O. The van der Waals surface area contributed by atoms with Gasteiger partial charge in [0.1, 0.15) is 0 Å². The fourth-order valence-electron chi connectivity index (χ4n) is 6.92. The van der Waals surface area contributed by atoms with Crippen molar-refractivity contribution >= 4 is 11.5 Å². The number of hydrogen-bond donors (Lipinski definition) is 2. The van der Waals surface area contributed by atoms with E-state index in [9.17, 15) is 4.79 Å². The molecule has 0 spiro atoms. The molecule has 6 rings (SSSR count). The molecule has 0 aromatic heterocycles. The van der Waals surface area contributed by atoms with Crippen molar-refractivity contribution in [3.05, 3.63) is 41.0 Å². The maximum Gasteiger partial charge on any atom is 0.163 e. The van der Waals surface area contributed by atoms with E-state index in [1.54, 1.807) is 0 Å². The summed E-state index contributed by atoms with van der Waals surface area (Å²) in [5.41, 5.74) is 10.4. The molecule has 0 radical (unpaired) electrons. The van der Waals surface area contributed by atoms with Gasteiger partial charge in [-0.15, -0.1) is 0 Å². The Hall–Kier alpha value is -1.61. The molecule has 1 aliphatic heterocycles. The lowest BCUT2D eigenvalue weighted by molar-refractivity contribution is -0.138. The molecule has 27 heavy (non-hydrogen) atoms. The van der Waals surface area contributed by atoms with E-state index in [-0.39, 0.29) is 11.0 Å². The molecular weight excluding hydrogens is 332 g/mol. The van der Waals surface area contributed by atoms with Crippen LogP contribution in [0, 0.1) is 23.2 Å². The van der Waals surface area contributed by atoms with Crippen LogP contribution < -0.4 is 11.1 Å². The number of benzene rings is 1. The van der Waals surface area contributed by atoms with E-state index < -0.39 is 0 Å². The summed E-state index contributed by atoms with van der Waals surface area (Å²) in [6.45, 7) is 4.97. The number of rotatable bonds is 3. The van der Waals surface area contributed by atoms with E-state index in [0.29, 0.717) is 12.3 Å². The van der Waals surface area contributed by atoms with E-state index in [0.717, 1.165) is 54.7 Å². The van der Waals surface area contributed by atoms with Crippen molar-refractivity contribution in [1.82, 2.24) is 5.32 Å². The average molecular weight is 365 g/mol. The SMILES string of the molecule is CC1(C)Cc2ccc(CN)cc2C(=CC(=O)C23CC4CC(CC(C4)C2)C3)N1. The summed E-state index contributed by atoms with van der Waals surface area (Å²) in [7, 11) is 0. The molecule has 0 saturated heterocycles. The minimum Gasteiger partial charge on any atom is -0.379 e. The Balaban J connectivity index is 1.52. The van der Waals surface area contributed by atoms with Crippen LogP contribution in [-0.4, -0.2) is 11.3 Å². The summed E-state index contributed by atoms with van der Waals surface area (Å²) < 4.78 is 0. The summed E-state index contributed by atoms with van der Waals surface area (Å²) in [5.74, 6) is 2.77. The van der Waals surface area contributed by atoms with Crippen LogP contribution >= 0.6 is 0 Å². The fourth-order valence-corrected chi connectivity index (χ4v) is 6.92. The van der Waals surface area contributed by atoms with Crippen molar-refractivity contribution < 1.29 is 4.79 Å². The summed E-state index contributed by atoms with van der Waals surface area (Å²) in [6.07, 6.45) is 10.4. The molecule has 1 aromatic carbocycles. The maximum atomic E-state index is 13.6. The monoisotopic (exact) mass is 364 g/mol. The summed E-state index contributed by atoms with van der Waals surface area (Å²) in [5, 5.41) is 3.66. The van der Waals surface area contributed by atoms with Gasteiger partial charge in [0.25, 0.3) is 0 Å². The Morgan fingerprint density at radius 2 is 1.78 bits per heavy atom. The van der Waals surface area contributed by atoms with E-state index >= 15 is 0 Å². The zero-order valence-corrected chi connectivity index (χ0v) is 16.7. The highest BCUT2D eigenvalue weighted by molar-refractivity contribution is 6.01. The number of hydrogen-bond acceptors (Lipinski definition) is 3. The first-order valence-electron chi connectivity index (χ1n) is 10.7. The number of carbonyl (C=O) groups excluding carboxylic acids is 1. The largest absolute Gasteiger partial charge is 0.379 e. The second kappa shape index (κ2) is 5.94. The van der Waals surface area contributed by atoms with Crippen molar-refractivity contribution in [1.29, 1.82) is 0 Å². The van der Waals surface area contributed by atoms with E-state index in [4.69, 9.17) is 5.73 Å². The van der Waals surface area contributed by atoms with Gasteiger partial charge in [0.05, 0.1) is 0 Å². The molecule has 144 valence electrons. The number of nitrogens with one attached hydrogen (secondary N) is 1. The molecule has 1 heterocycles. The normalized spacial score (nSPS) is 37.1. The average Bonchev–Trinajstić information content (AvgIpc) is 2.59. The third-order valence-corrected chi connectivity index (χ3v) is 7.64. The van der Waals surface area contributed by atoms with Crippen LogP contribution in [0.3, 0.4) is 0 Å². The molecule has 0 unspecified atom stereocenters. The predicted molar refractivity (Wildman–Crippen MR) is 109 cm³/mol. The van der Waals surface area contributed by atoms with Gasteiger partial charge in [-0.1, -0.05) is 12.1 Å². The van der Waals surface area contributed by atoms with Crippen molar-refractivity contribution in [2.75, 3.05) is 0 Å². The number of nitrogens with two attached hydrogens (primary N) is 1. The Bertz CT molecular complexity index is 784. The molecule has 4 aliphatic carbocycles. The van der Waals surface area contributed by atoms with Gasteiger partial charge in [0.2, 0.25) is 0 Å². The van der Waals surface area contributed by atoms with Crippen LogP contribution in [-0.2, 0) is 17.8 Å². The Kier molecular flexibility index (Phi) is 3.85. The third-order valence-electron chi connectivity index (χ3n) is 7.64. The van der Waals surface area contributed by atoms with Gasteiger partial charge >= 0.3 is 0 Å². The van der Waals surface area contributed by atoms with Gasteiger partial charge in [-0.3, -0.25) is 4.79 Å². The van der Waals surface area contributed by atoms with Crippen LogP contribution in [0.5, 0.6) is 0 Å². The molecule has 4 fully saturated rings. The number of carbonyl (C=O) groups is 1. The summed E-state index contributed by atoms with van der Waals surface area (Å²) in [6, 6.07) is 6.50. The van der Waals surface area contributed by atoms with Gasteiger partial charge in [0, 0.05) is 34.8 Å². The minimum absolute atomic E-state index is 0.0369. The van der Waals surface area contributed by atoms with Crippen LogP contribution in [0.2, 0.25) is 0 Å². The van der Waals surface area contributed by atoms with Crippen LogP contribution in [0.15, 0.2) is 24.3 Å². The van der Waals surface area contributed by atoms with E-state index in [1.807, 2.05) is 6.08 Å². The van der Waals surface area contributed by atoms with Gasteiger partial charge in [-0.05, 0) is 93.7 Å². The van der Waals surface area contributed by atoms with Gasteiger partial charge in [0.15, 0.2) is 5.78 Å². The molecule has 0 amide bonds. The fraction of sp³-hybridized carbons (Fsp3) is 0.625. The first-order valence-corrected chi connectivity index (χ1v) is 10.7. The smallest absolute Gasteiger partial charge is 0.163 e. The molecule has 3 N–H and O–H groups in total. The first-order chi connectivity index (χ1) is 12.9. The van der Waals surface area contributed by atoms with Crippen molar-refractivity contribution in [3.63, 3.8) is 0 Å². The van der Waals surface area contributed by atoms with Crippen LogP contribution in [0.4, 0.5) is 0 Å². The van der Waals surface area contributed by atoms with Gasteiger partial charge in [-0.2, -0.15) is 0 Å². The highest BCUT2D eigenvalue weighted by Crippen LogP contribution is 2.60. The molecule has 1 aromatic rings. The molecule has 4 bridgehead atoms. The second-order valence-corrected chi connectivity index (χ2v) is 10.5. The number of ketones is 1. The van der Waals surface area contributed by atoms with E-state index in [2.05, 4.69) is 37.4 Å². The lowest BCUT2D eigenvalue weighted by atomic mass is 9.48. The molecule has 0 atom stereocenters. The lowest BCUT2D eigenvalue weighted by Gasteiger charge is -2.55. The zero-order valence-electron chi connectivity index (χ0n) is 16.7. The van der Waals surface area contributed by atoms with Crippen molar-refractivity contribution in [2.24, 2.45) is 28.9 Å². The van der Waals surface area contributed by atoms with Gasteiger partial charge in [-0.25, -0.2) is 0 Å². The van der Waals surface area contributed by atoms with Crippen molar-refractivity contribution in [2.45, 2.75) is 70.9 Å². The third kappa shape index (κ3) is 2.95. The summed E-state index contributed by atoms with van der Waals surface area (Å²) in [4.78, 5) is 13.6. The Labute approximate surface area is 162 Å². The zero-order chi connectivity index (χ0) is 18.8. The van der Waals surface area contributed by atoms with E-state index in [1.165, 1.54) is 30.4 Å². The molecule has 3 nitrogen and oxygen atoms in total.